The lowest BCUT2D eigenvalue weighted by molar-refractivity contribution is 0.670. The zero-order valence-corrected chi connectivity index (χ0v) is 24.3. The molecule has 0 saturated heterocycles. The number of hydrogen-bond acceptors (Lipinski definition) is 1. The van der Waals surface area contributed by atoms with Gasteiger partial charge in [0.15, 0.2) is 0 Å². The van der Waals surface area contributed by atoms with Crippen molar-refractivity contribution in [1.82, 2.24) is 0 Å². The summed E-state index contributed by atoms with van der Waals surface area (Å²) in [6.07, 6.45) is 0. The van der Waals surface area contributed by atoms with Crippen LogP contribution in [0.5, 0.6) is 0 Å². The number of hydrogen-bond donors (Lipinski definition) is 0. The maximum Gasteiger partial charge on any atom is 0.143 e. The molecule has 0 saturated carbocycles. The number of benzene rings is 8. The van der Waals surface area contributed by atoms with Gasteiger partial charge in [-0.3, -0.25) is 0 Å². The lowest BCUT2D eigenvalue weighted by Crippen LogP contribution is -1.91. The molecule has 0 N–H and O–H groups in total. The van der Waals surface area contributed by atoms with Gasteiger partial charge in [0.2, 0.25) is 0 Å². The van der Waals surface area contributed by atoms with Crippen molar-refractivity contribution in [2.45, 2.75) is 0 Å². The molecule has 0 unspecified atom stereocenters. The van der Waals surface area contributed by atoms with Crippen molar-refractivity contribution in [3.63, 3.8) is 0 Å². The van der Waals surface area contributed by atoms with E-state index in [9.17, 15) is 2.74 Å². The third kappa shape index (κ3) is 4.17. The first-order valence-corrected chi connectivity index (χ1v) is 15.1. The topological polar surface area (TPSA) is 13.1 Å². The molecule has 0 atom stereocenters. The number of furan rings is 1. The molecule has 1 nitrogen and oxygen atoms in total. The first-order valence-electron chi connectivity index (χ1n) is 17.1. The second kappa shape index (κ2) is 10.4. The fourth-order valence-corrected chi connectivity index (χ4v) is 6.69. The molecular weight excluding hydrogens is 544 g/mol. The summed E-state index contributed by atoms with van der Waals surface area (Å²) in [5.74, 6) is 0. The SMILES string of the molecule is [2H]c1c([2H])c(-c2c3ccccc3c(-c3ccc4c(c3)oc3c(-c5ccccc5)cccc34)c3ccccc23)c([2H])c([2H])c1-c1ccccc1. The second-order valence-corrected chi connectivity index (χ2v) is 11.3. The average Bonchev–Trinajstić information content (AvgIpc) is 3.53. The van der Waals surface area contributed by atoms with Crippen LogP contribution in [0.25, 0.3) is 88.0 Å². The smallest absolute Gasteiger partial charge is 0.143 e. The summed E-state index contributed by atoms with van der Waals surface area (Å²) in [7, 11) is 0. The molecule has 9 aromatic rings. The van der Waals surface area contributed by atoms with Crippen LogP contribution in [0.3, 0.4) is 0 Å². The highest BCUT2D eigenvalue weighted by molar-refractivity contribution is 6.22. The largest absolute Gasteiger partial charge is 0.455 e. The summed E-state index contributed by atoms with van der Waals surface area (Å²) in [5.41, 5.74) is 7.78. The number of fused-ring (bicyclic) bond motifs is 5. The van der Waals surface area contributed by atoms with E-state index in [4.69, 9.17) is 7.16 Å². The van der Waals surface area contributed by atoms with Crippen LogP contribution < -0.4 is 0 Å². The molecule has 0 aliphatic rings. The normalized spacial score (nSPS) is 12.8. The molecule has 0 aliphatic heterocycles. The Hall–Kier alpha value is -5.92. The van der Waals surface area contributed by atoms with E-state index in [-0.39, 0.29) is 24.2 Å². The minimum absolute atomic E-state index is 0.0513. The summed E-state index contributed by atoms with van der Waals surface area (Å²) in [6, 6.07) is 48.1. The molecule has 0 spiro atoms. The van der Waals surface area contributed by atoms with Crippen molar-refractivity contribution >= 4 is 43.5 Å². The molecule has 1 heteroatoms. The van der Waals surface area contributed by atoms with Gasteiger partial charge in [-0.25, -0.2) is 0 Å². The molecule has 210 valence electrons. The van der Waals surface area contributed by atoms with Gasteiger partial charge in [0.1, 0.15) is 11.2 Å². The van der Waals surface area contributed by atoms with Crippen molar-refractivity contribution in [3.05, 3.63) is 170 Å². The Kier molecular flexibility index (Phi) is 5.00. The van der Waals surface area contributed by atoms with Gasteiger partial charge in [-0.05, 0) is 72.6 Å². The van der Waals surface area contributed by atoms with Crippen molar-refractivity contribution in [3.8, 4) is 44.5 Å². The zero-order chi connectivity index (χ0) is 33.2. The first kappa shape index (κ1) is 21.7. The van der Waals surface area contributed by atoms with Gasteiger partial charge in [-0.1, -0.05) is 158 Å². The fourth-order valence-electron chi connectivity index (χ4n) is 6.69. The second-order valence-electron chi connectivity index (χ2n) is 11.3. The van der Waals surface area contributed by atoms with E-state index >= 15 is 0 Å². The van der Waals surface area contributed by atoms with Crippen LogP contribution >= 0.6 is 0 Å². The van der Waals surface area contributed by atoms with E-state index in [2.05, 4.69) is 60.7 Å². The van der Waals surface area contributed by atoms with Crippen molar-refractivity contribution < 1.29 is 9.90 Å². The number of para-hydroxylation sites is 1. The lowest BCUT2D eigenvalue weighted by atomic mass is 9.85. The maximum atomic E-state index is 9.25. The van der Waals surface area contributed by atoms with Crippen LogP contribution in [0.15, 0.2) is 174 Å². The van der Waals surface area contributed by atoms with Crippen LogP contribution in [-0.2, 0) is 0 Å². The Morgan fingerprint density at radius 1 is 0.356 bits per heavy atom. The third-order valence-corrected chi connectivity index (χ3v) is 8.74. The Bertz CT molecular complexity index is 2660. The quantitative estimate of drug-likeness (QED) is 0.190. The van der Waals surface area contributed by atoms with E-state index in [0.717, 1.165) is 65.7 Å². The summed E-state index contributed by atoms with van der Waals surface area (Å²) in [4.78, 5) is 0. The van der Waals surface area contributed by atoms with Gasteiger partial charge in [0, 0.05) is 16.3 Å². The molecule has 0 bridgehead atoms. The lowest BCUT2D eigenvalue weighted by Gasteiger charge is -2.18. The van der Waals surface area contributed by atoms with E-state index in [1.807, 2.05) is 84.9 Å². The van der Waals surface area contributed by atoms with Gasteiger partial charge in [-0.15, -0.1) is 0 Å². The molecule has 1 aromatic heterocycles. The fraction of sp³-hybridized carbons (Fsp3) is 0. The Morgan fingerprint density at radius 2 is 0.867 bits per heavy atom. The van der Waals surface area contributed by atoms with Crippen LogP contribution in [0.2, 0.25) is 0 Å². The predicted molar refractivity (Wildman–Crippen MR) is 190 cm³/mol. The molecule has 45 heavy (non-hydrogen) atoms. The molecule has 9 rings (SSSR count). The summed E-state index contributed by atoms with van der Waals surface area (Å²) in [6.45, 7) is 0. The molecule has 0 aliphatic carbocycles. The molecule has 1 heterocycles. The Labute approximate surface area is 267 Å². The molecule has 0 radical (unpaired) electrons. The van der Waals surface area contributed by atoms with Gasteiger partial charge in [-0.2, -0.15) is 0 Å². The molecule has 0 amide bonds. The van der Waals surface area contributed by atoms with Gasteiger partial charge < -0.3 is 4.42 Å². The summed E-state index contributed by atoms with van der Waals surface area (Å²) >= 11 is 0. The minimum Gasteiger partial charge on any atom is -0.455 e. The maximum absolute atomic E-state index is 9.25. The monoisotopic (exact) mass is 576 g/mol. The van der Waals surface area contributed by atoms with Crippen LogP contribution in [0.1, 0.15) is 5.48 Å². The Balaban J connectivity index is 1.32. The van der Waals surface area contributed by atoms with Gasteiger partial charge >= 0.3 is 0 Å². The third-order valence-electron chi connectivity index (χ3n) is 8.74. The molecule has 8 aromatic carbocycles. The summed E-state index contributed by atoms with van der Waals surface area (Å²) < 4.78 is 43.2. The first-order chi connectivity index (χ1) is 24.0. The highest BCUT2D eigenvalue weighted by atomic mass is 16.3. The van der Waals surface area contributed by atoms with Crippen LogP contribution in [0, 0.1) is 0 Å². The van der Waals surface area contributed by atoms with Crippen LogP contribution in [0.4, 0.5) is 0 Å². The highest BCUT2D eigenvalue weighted by Gasteiger charge is 2.18. The van der Waals surface area contributed by atoms with Crippen molar-refractivity contribution in [2.24, 2.45) is 0 Å². The van der Waals surface area contributed by atoms with Gasteiger partial charge in [0.25, 0.3) is 0 Å². The van der Waals surface area contributed by atoms with Crippen molar-refractivity contribution in [2.75, 3.05) is 0 Å². The zero-order valence-electron chi connectivity index (χ0n) is 28.3. The van der Waals surface area contributed by atoms with E-state index < -0.39 is 0 Å². The van der Waals surface area contributed by atoms with E-state index in [0.29, 0.717) is 22.3 Å². The Morgan fingerprint density at radius 3 is 1.49 bits per heavy atom. The van der Waals surface area contributed by atoms with Crippen LogP contribution in [-0.4, -0.2) is 0 Å². The summed E-state index contributed by atoms with van der Waals surface area (Å²) in [5, 5.41) is 5.75. The average molecular weight is 577 g/mol. The van der Waals surface area contributed by atoms with E-state index in [1.54, 1.807) is 0 Å². The van der Waals surface area contributed by atoms with Crippen molar-refractivity contribution in [1.29, 1.82) is 0 Å². The highest BCUT2D eigenvalue weighted by Crippen LogP contribution is 2.45. The number of rotatable bonds is 4. The molecule has 0 fully saturated rings. The molecular formula is C44H28O. The minimum atomic E-state index is -0.0548. The van der Waals surface area contributed by atoms with E-state index in [1.165, 1.54) is 0 Å². The van der Waals surface area contributed by atoms with Gasteiger partial charge in [0.05, 0.1) is 5.48 Å². The predicted octanol–water partition coefficient (Wildman–Crippen LogP) is 12.6. The standard InChI is InChI=1S/C44H28O/c1-3-12-29(13-4-1)30-22-24-32(25-23-30)42-36-16-7-9-18-38(36)43(39-19-10-8-17-37(39)42)33-26-27-35-40-21-11-20-34(31-14-5-2-6-15-31)44(40)45-41(35)28-33/h1-28H/i22D,23D,24D,25D.